The van der Waals surface area contributed by atoms with Gasteiger partial charge in [-0.1, -0.05) is 12.1 Å². The van der Waals surface area contributed by atoms with E-state index in [0.29, 0.717) is 11.6 Å². The number of benzene rings is 1. The van der Waals surface area contributed by atoms with Crippen molar-refractivity contribution in [1.29, 1.82) is 0 Å². The minimum absolute atomic E-state index is 0. The van der Waals surface area contributed by atoms with Gasteiger partial charge in [0.2, 0.25) is 5.91 Å². The summed E-state index contributed by atoms with van der Waals surface area (Å²) in [7, 11) is 2.02. The number of amides is 1. The van der Waals surface area contributed by atoms with E-state index >= 15 is 0 Å². The summed E-state index contributed by atoms with van der Waals surface area (Å²) in [5.74, 6) is -0.366. The molecule has 2 rings (SSSR count). The molecule has 0 aliphatic carbocycles. The second kappa shape index (κ2) is 7.48. The highest BCUT2D eigenvalue weighted by atomic mass is 35.5. The number of likely N-dealkylation sites (N-methyl/N-ethyl adjacent to an activating group) is 1. The van der Waals surface area contributed by atoms with E-state index in [4.69, 9.17) is 5.73 Å². The summed E-state index contributed by atoms with van der Waals surface area (Å²) >= 11 is 0. The van der Waals surface area contributed by atoms with Crippen LogP contribution < -0.4 is 11.1 Å². The highest BCUT2D eigenvalue weighted by Crippen LogP contribution is 2.14. The largest absolute Gasteiger partial charge is 0.366 e. The Morgan fingerprint density at radius 1 is 1.42 bits per heavy atom. The zero-order valence-electron chi connectivity index (χ0n) is 11.3. The molecule has 1 amide bonds. The third-order valence-electron chi connectivity index (χ3n) is 3.56. The molecule has 5 heteroatoms. The van der Waals surface area contributed by atoms with Crippen molar-refractivity contribution in [2.75, 3.05) is 20.1 Å². The minimum Gasteiger partial charge on any atom is -0.366 e. The van der Waals surface area contributed by atoms with Crippen molar-refractivity contribution in [3.63, 3.8) is 0 Å². The van der Waals surface area contributed by atoms with Crippen LogP contribution in [0.4, 0.5) is 0 Å². The molecule has 1 aliphatic rings. The van der Waals surface area contributed by atoms with Crippen LogP contribution in [0.25, 0.3) is 0 Å². The average molecular weight is 284 g/mol. The summed E-state index contributed by atoms with van der Waals surface area (Å²) in [6.07, 6.45) is 2.50. The monoisotopic (exact) mass is 283 g/mol. The molecule has 106 valence electrons. The molecular formula is C14H22ClN3O. The lowest BCUT2D eigenvalue weighted by atomic mass is 10.0. The number of hydrogen-bond donors (Lipinski definition) is 2. The Morgan fingerprint density at radius 2 is 2.11 bits per heavy atom. The van der Waals surface area contributed by atoms with Crippen LogP contribution in [-0.2, 0) is 6.54 Å². The van der Waals surface area contributed by atoms with Gasteiger partial charge in [0.1, 0.15) is 0 Å². The first-order valence-corrected chi connectivity index (χ1v) is 6.47. The fourth-order valence-corrected chi connectivity index (χ4v) is 2.47. The van der Waals surface area contributed by atoms with Crippen LogP contribution >= 0.6 is 12.4 Å². The number of nitrogens with one attached hydrogen (secondary N) is 1. The first kappa shape index (κ1) is 16.0. The van der Waals surface area contributed by atoms with Crippen molar-refractivity contribution < 1.29 is 4.79 Å². The number of carbonyl (C=O) groups excluding carboxylic acids is 1. The fraction of sp³-hybridized carbons (Fsp3) is 0.500. The molecule has 1 fully saturated rings. The number of carbonyl (C=O) groups is 1. The summed E-state index contributed by atoms with van der Waals surface area (Å²) in [5, 5.41) is 3.34. The summed E-state index contributed by atoms with van der Waals surface area (Å²) in [5.41, 5.74) is 7.03. The number of halogens is 1. The number of nitrogens with zero attached hydrogens (tertiary/aromatic N) is 1. The van der Waals surface area contributed by atoms with E-state index in [0.717, 1.165) is 19.6 Å². The van der Waals surface area contributed by atoms with Crippen molar-refractivity contribution in [3.05, 3.63) is 35.4 Å². The van der Waals surface area contributed by atoms with Crippen LogP contribution in [0.5, 0.6) is 0 Å². The van der Waals surface area contributed by atoms with Crippen molar-refractivity contribution in [1.82, 2.24) is 10.2 Å². The van der Waals surface area contributed by atoms with Gasteiger partial charge in [0.15, 0.2) is 0 Å². The lowest BCUT2D eigenvalue weighted by Gasteiger charge is -2.32. The van der Waals surface area contributed by atoms with E-state index in [1.54, 1.807) is 12.1 Å². The lowest BCUT2D eigenvalue weighted by molar-refractivity contribution is 0.100. The van der Waals surface area contributed by atoms with Gasteiger partial charge in [-0.05, 0) is 44.1 Å². The SMILES string of the molecule is CNC1CCCN(Cc2ccc(C(N)=O)cc2)C1.Cl. The predicted octanol–water partition coefficient (Wildman–Crippen LogP) is 1.39. The summed E-state index contributed by atoms with van der Waals surface area (Å²) in [6, 6.07) is 8.18. The van der Waals surface area contributed by atoms with E-state index < -0.39 is 0 Å². The van der Waals surface area contributed by atoms with Crippen molar-refractivity contribution in [2.45, 2.75) is 25.4 Å². The minimum atomic E-state index is -0.366. The Labute approximate surface area is 120 Å². The van der Waals surface area contributed by atoms with Crippen LogP contribution in [0.2, 0.25) is 0 Å². The Kier molecular flexibility index (Phi) is 6.28. The maximum atomic E-state index is 11.0. The van der Waals surface area contributed by atoms with Crippen molar-refractivity contribution in [2.24, 2.45) is 5.73 Å². The van der Waals surface area contributed by atoms with Gasteiger partial charge in [-0.15, -0.1) is 12.4 Å². The smallest absolute Gasteiger partial charge is 0.248 e. The van der Waals surface area contributed by atoms with Crippen LogP contribution in [-0.4, -0.2) is 37.0 Å². The molecule has 1 saturated heterocycles. The highest BCUT2D eigenvalue weighted by Gasteiger charge is 2.18. The molecule has 1 aliphatic heterocycles. The molecule has 3 N–H and O–H groups in total. The van der Waals surface area contributed by atoms with E-state index in [-0.39, 0.29) is 18.3 Å². The predicted molar refractivity (Wildman–Crippen MR) is 79.6 cm³/mol. The number of likely N-dealkylation sites (tertiary alicyclic amines) is 1. The number of nitrogens with two attached hydrogens (primary N) is 1. The Hall–Kier alpha value is -1.10. The Balaban J connectivity index is 0.00000180. The van der Waals surface area contributed by atoms with Crippen molar-refractivity contribution >= 4 is 18.3 Å². The van der Waals surface area contributed by atoms with Crippen LogP contribution in [0, 0.1) is 0 Å². The second-order valence-corrected chi connectivity index (χ2v) is 4.92. The fourth-order valence-electron chi connectivity index (χ4n) is 2.47. The molecule has 0 radical (unpaired) electrons. The molecule has 0 saturated carbocycles. The molecule has 1 atom stereocenters. The summed E-state index contributed by atoms with van der Waals surface area (Å²) < 4.78 is 0. The third-order valence-corrected chi connectivity index (χ3v) is 3.56. The summed E-state index contributed by atoms with van der Waals surface area (Å²) in [6.45, 7) is 3.18. The van der Waals surface area contributed by atoms with Crippen LogP contribution in [0.1, 0.15) is 28.8 Å². The van der Waals surface area contributed by atoms with Crippen molar-refractivity contribution in [3.8, 4) is 0 Å². The van der Waals surface area contributed by atoms with E-state index in [1.807, 2.05) is 19.2 Å². The van der Waals surface area contributed by atoms with E-state index in [9.17, 15) is 4.79 Å². The first-order valence-electron chi connectivity index (χ1n) is 6.47. The van der Waals surface area contributed by atoms with Crippen LogP contribution in [0.15, 0.2) is 24.3 Å². The topological polar surface area (TPSA) is 58.4 Å². The standard InChI is InChI=1S/C14H21N3O.ClH/c1-16-13-3-2-8-17(10-13)9-11-4-6-12(7-5-11)14(15)18;/h4-7,13,16H,2-3,8-10H2,1H3,(H2,15,18);1H. The van der Waals surface area contributed by atoms with Gasteiger partial charge in [0, 0.05) is 24.7 Å². The maximum absolute atomic E-state index is 11.0. The molecule has 1 heterocycles. The van der Waals surface area contributed by atoms with Gasteiger partial charge < -0.3 is 11.1 Å². The Bertz CT molecular complexity index is 408. The number of piperidine rings is 1. The molecule has 19 heavy (non-hydrogen) atoms. The third kappa shape index (κ3) is 4.49. The maximum Gasteiger partial charge on any atom is 0.248 e. The normalized spacial score (nSPS) is 19.7. The Morgan fingerprint density at radius 3 is 2.68 bits per heavy atom. The zero-order chi connectivity index (χ0) is 13.0. The average Bonchev–Trinajstić information content (AvgIpc) is 2.39. The molecule has 4 nitrogen and oxygen atoms in total. The zero-order valence-corrected chi connectivity index (χ0v) is 12.1. The second-order valence-electron chi connectivity index (χ2n) is 4.92. The number of hydrogen-bond acceptors (Lipinski definition) is 3. The van der Waals surface area contributed by atoms with E-state index in [1.165, 1.54) is 18.4 Å². The number of primary amides is 1. The van der Waals surface area contributed by atoms with Gasteiger partial charge in [-0.25, -0.2) is 0 Å². The highest BCUT2D eigenvalue weighted by molar-refractivity contribution is 5.92. The molecule has 1 unspecified atom stereocenters. The van der Waals surface area contributed by atoms with Gasteiger partial charge in [-0.2, -0.15) is 0 Å². The van der Waals surface area contributed by atoms with E-state index in [2.05, 4.69) is 10.2 Å². The quantitative estimate of drug-likeness (QED) is 0.878. The first-order chi connectivity index (χ1) is 8.69. The van der Waals surface area contributed by atoms with Gasteiger partial charge in [0.25, 0.3) is 0 Å². The molecule has 1 aromatic carbocycles. The number of rotatable bonds is 4. The molecule has 1 aromatic rings. The molecule has 0 spiro atoms. The van der Waals surface area contributed by atoms with Crippen LogP contribution in [0.3, 0.4) is 0 Å². The molecular weight excluding hydrogens is 262 g/mol. The molecule has 0 aromatic heterocycles. The molecule has 0 bridgehead atoms. The van der Waals surface area contributed by atoms with Gasteiger partial charge in [-0.3, -0.25) is 9.69 Å². The summed E-state index contributed by atoms with van der Waals surface area (Å²) in [4.78, 5) is 13.4. The van der Waals surface area contributed by atoms with Gasteiger partial charge in [0.05, 0.1) is 0 Å². The van der Waals surface area contributed by atoms with Gasteiger partial charge >= 0.3 is 0 Å². The lowest BCUT2D eigenvalue weighted by Crippen LogP contribution is -2.43.